The number of carbonyl (C=O) groups excluding carboxylic acids is 4. The van der Waals surface area contributed by atoms with Gasteiger partial charge in [0.1, 0.15) is 0 Å². The Labute approximate surface area is 177 Å². The van der Waals surface area contributed by atoms with Crippen LogP contribution in [-0.2, 0) is 20.8 Å². The van der Waals surface area contributed by atoms with E-state index in [1.807, 2.05) is 0 Å². The Morgan fingerprint density at radius 2 is 1.60 bits per heavy atom. The highest BCUT2D eigenvalue weighted by Gasteiger charge is 2.39. The highest BCUT2D eigenvalue weighted by molar-refractivity contribution is 8.15. The lowest BCUT2D eigenvalue weighted by molar-refractivity contribution is -0.126. The lowest BCUT2D eigenvalue weighted by Gasteiger charge is -2.15. The van der Waals surface area contributed by atoms with Crippen molar-refractivity contribution in [2.45, 2.75) is 18.8 Å². The monoisotopic (exact) mass is 428 g/mol. The Morgan fingerprint density at radius 3 is 2.20 bits per heavy atom. The van der Waals surface area contributed by atoms with Gasteiger partial charge in [0.15, 0.2) is 5.37 Å². The number of esters is 2. The van der Waals surface area contributed by atoms with Gasteiger partial charge in [0.05, 0.1) is 31.4 Å². The lowest BCUT2D eigenvalue weighted by atomic mass is 10.1. The van der Waals surface area contributed by atoms with Gasteiger partial charge in [0, 0.05) is 5.69 Å². The molecular weight excluding hydrogens is 408 g/mol. The van der Waals surface area contributed by atoms with Crippen LogP contribution in [-0.4, -0.2) is 47.1 Å². The number of rotatable bonds is 7. The van der Waals surface area contributed by atoms with Crippen LogP contribution in [0.25, 0.3) is 0 Å². The van der Waals surface area contributed by atoms with E-state index in [2.05, 4.69) is 10.1 Å². The van der Waals surface area contributed by atoms with Crippen molar-refractivity contribution in [1.82, 2.24) is 4.90 Å². The second-order valence-corrected chi connectivity index (χ2v) is 7.38. The minimum atomic E-state index is -0.764. The standard InChI is InChI=1S/C21H20N2O6S/c1-3-29-20(26)15-6-4-13(5-7-15)12-23-18(24)17(30-21(23)27)22-16-10-8-14(9-11-16)19(25)28-2/h4-11,17,22H,3,12H2,1-2H3/t17-/m1/s1. The van der Waals surface area contributed by atoms with Crippen molar-refractivity contribution < 1.29 is 28.7 Å². The van der Waals surface area contributed by atoms with E-state index in [0.717, 1.165) is 16.7 Å². The average Bonchev–Trinajstić information content (AvgIpc) is 3.01. The highest BCUT2D eigenvalue weighted by Crippen LogP contribution is 2.29. The van der Waals surface area contributed by atoms with Gasteiger partial charge in [0.25, 0.3) is 11.1 Å². The van der Waals surface area contributed by atoms with E-state index in [-0.39, 0.29) is 24.3 Å². The topological polar surface area (TPSA) is 102 Å². The molecule has 156 valence electrons. The first-order chi connectivity index (χ1) is 14.4. The minimum absolute atomic E-state index is 0.104. The highest BCUT2D eigenvalue weighted by atomic mass is 32.2. The van der Waals surface area contributed by atoms with Crippen molar-refractivity contribution in [3.63, 3.8) is 0 Å². The van der Waals surface area contributed by atoms with Crippen molar-refractivity contribution in [1.29, 1.82) is 0 Å². The number of methoxy groups -OCH3 is 1. The number of imide groups is 1. The zero-order valence-electron chi connectivity index (χ0n) is 16.4. The summed E-state index contributed by atoms with van der Waals surface area (Å²) in [6, 6.07) is 13.0. The Morgan fingerprint density at radius 1 is 1.00 bits per heavy atom. The molecule has 1 fully saturated rings. The SMILES string of the molecule is CCOC(=O)c1ccc(CN2C(=O)S[C@@H](Nc3ccc(C(=O)OC)cc3)C2=O)cc1. The number of hydrogen-bond acceptors (Lipinski definition) is 8. The molecule has 1 N–H and O–H groups in total. The van der Waals surface area contributed by atoms with Crippen LogP contribution in [0.5, 0.6) is 0 Å². The van der Waals surface area contributed by atoms with Crippen LogP contribution in [0.15, 0.2) is 48.5 Å². The molecule has 0 aromatic heterocycles. The number of thioether (sulfide) groups is 1. The van der Waals surface area contributed by atoms with Crippen LogP contribution in [0.4, 0.5) is 10.5 Å². The number of amides is 2. The van der Waals surface area contributed by atoms with Crippen molar-refractivity contribution in [3.05, 3.63) is 65.2 Å². The van der Waals surface area contributed by atoms with Crippen LogP contribution in [0.2, 0.25) is 0 Å². The second kappa shape index (κ2) is 9.45. The normalized spacial score (nSPS) is 15.8. The van der Waals surface area contributed by atoms with Gasteiger partial charge < -0.3 is 14.8 Å². The molecule has 0 saturated carbocycles. The van der Waals surface area contributed by atoms with E-state index in [4.69, 9.17) is 4.74 Å². The van der Waals surface area contributed by atoms with E-state index in [1.54, 1.807) is 55.5 Å². The molecular formula is C21H20N2O6S. The molecule has 8 nitrogen and oxygen atoms in total. The zero-order chi connectivity index (χ0) is 21.7. The first-order valence-corrected chi connectivity index (χ1v) is 10.0. The summed E-state index contributed by atoms with van der Waals surface area (Å²) < 4.78 is 9.59. The van der Waals surface area contributed by atoms with Gasteiger partial charge in [-0.15, -0.1) is 0 Å². The summed E-state index contributed by atoms with van der Waals surface area (Å²) in [5, 5.41) is 1.87. The number of ether oxygens (including phenoxy) is 2. The smallest absolute Gasteiger partial charge is 0.338 e. The Hall–Kier alpha value is -3.33. The number of benzene rings is 2. The molecule has 0 aliphatic carbocycles. The van der Waals surface area contributed by atoms with Gasteiger partial charge in [-0.05, 0) is 60.6 Å². The van der Waals surface area contributed by atoms with E-state index < -0.39 is 17.3 Å². The molecule has 0 spiro atoms. The van der Waals surface area contributed by atoms with E-state index in [0.29, 0.717) is 22.4 Å². The van der Waals surface area contributed by atoms with Crippen LogP contribution in [0, 0.1) is 0 Å². The summed E-state index contributed by atoms with van der Waals surface area (Å²) in [5.41, 5.74) is 2.11. The Bertz CT molecular complexity index is 958. The summed E-state index contributed by atoms with van der Waals surface area (Å²) in [7, 11) is 1.30. The Balaban J connectivity index is 1.63. The van der Waals surface area contributed by atoms with Gasteiger partial charge >= 0.3 is 11.9 Å². The molecule has 1 heterocycles. The number of carbonyl (C=O) groups is 4. The molecule has 3 rings (SSSR count). The van der Waals surface area contributed by atoms with E-state index >= 15 is 0 Å². The van der Waals surface area contributed by atoms with Gasteiger partial charge in [0.2, 0.25) is 0 Å². The molecule has 1 aliphatic rings. The molecule has 1 saturated heterocycles. The largest absolute Gasteiger partial charge is 0.465 e. The second-order valence-electron chi connectivity index (χ2n) is 6.32. The average molecular weight is 428 g/mol. The minimum Gasteiger partial charge on any atom is -0.465 e. The van der Waals surface area contributed by atoms with Crippen molar-refractivity contribution >= 4 is 40.5 Å². The van der Waals surface area contributed by atoms with E-state index in [9.17, 15) is 19.2 Å². The predicted molar refractivity (Wildman–Crippen MR) is 111 cm³/mol. The van der Waals surface area contributed by atoms with Crippen LogP contribution < -0.4 is 5.32 Å². The maximum absolute atomic E-state index is 12.7. The molecule has 0 bridgehead atoms. The van der Waals surface area contributed by atoms with Crippen molar-refractivity contribution in [2.24, 2.45) is 0 Å². The number of nitrogens with zero attached hydrogens (tertiary/aromatic N) is 1. The fourth-order valence-electron chi connectivity index (χ4n) is 2.80. The predicted octanol–water partition coefficient (Wildman–Crippen LogP) is 3.28. The number of anilines is 1. The van der Waals surface area contributed by atoms with Crippen LogP contribution in [0.1, 0.15) is 33.2 Å². The Kier molecular flexibility index (Phi) is 6.73. The quantitative estimate of drug-likeness (QED) is 0.671. The molecule has 9 heteroatoms. The molecule has 1 atom stereocenters. The molecule has 1 aliphatic heterocycles. The van der Waals surface area contributed by atoms with Gasteiger partial charge in [-0.3, -0.25) is 14.5 Å². The van der Waals surface area contributed by atoms with Crippen molar-refractivity contribution in [3.8, 4) is 0 Å². The first kappa shape index (κ1) is 21.4. The third kappa shape index (κ3) is 4.80. The molecule has 30 heavy (non-hydrogen) atoms. The summed E-state index contributed by atoms with van der Waals surface area (Å²) in [4.78, 5) is 49.4. The fourth-order valence-corrected chi connectivity index (χ4v) is 3.70. The molecule has 0 unspecified atom stereocenters. The van der Waals surface area contributed by atoms with Crippen LogP contribution in [0.3, 0.4) is 0 Å². The molecule has 2 aromatic carbocycles. The first-order valence-electron chi connectivity index (χ1n) is 9.16. The summed E-state index contributed by atoms with van der Waals surface area (Å²) in [5.74, 6) is -1.24. The zero-order valence-corrected chi connectivity index (χ0v) is 17.2. The number of hydrogen-bond donors (Lipinski definition) is 1. The lowest BCUT2D eigenvalue weighted by Crippen LogP contribution is -2.33. The molecule has 0 radical (unpaired) electrons. The van der Waals surface area contributed by atoms with Gasteiger partial charge in [-0.2, -0.15) is 0 Å². The fraction of sp³-hybridized carbons (Fsp3) is 0.238. The summed E-state index contributed by atoms with van der Waals surface area (Å²) in [6.07, 6.45) is 0. The summed E-state index contributed by atoms with van der Waals surface area (Å²) >= 11 is 0.886. The van der Waals surface area contributed by atoms with Crippen molar-refractivity contribution in [2.75, 3.05) is 19.0 Å². The molecule has 2 amide bonds. The number of nitrogens with one attached hydrogen (secondary N) is 1. The maximum Gasteiger partial charge on any atom is 0.338 e. The third-order valence-corrected chi connectivity index (χ3v) is 5.32. The van der Waals surface area contributed by atoms with Crippen LogP contribution >= 0.6 is 11.8 Å². The maximum atomic E-state index is 12.7. The molecule has 2 aromatic rings. The summed E-state index contributed by atoms with van der Waals surface area (Å²) in [6.45, 7) is 2.12. The van der Waals surface area contributed by atoms with Gasteiger partial charge in [-0.25, -0.2) is 9.59 Å². The van der Waals surface area contributed by atoms with E-state index in [1.165, 1.54) is 7.11 Å². The van der Waals surface area contributed by atoms with Gasteiger partial charge in [-0.1, -0.05) is 12.1 Å². The third-order valence-electron chi connectivity index (χ3n) is 4.34.